The highest BCUT2D eigenvalue weighted by molar-refractivity contribution is 4.91. The summed E-state index contributed by atoms with van der Waals surface area (Å²) in [4.78, 5) is 2.37. The molecule has 0 spiro atoms. The third-order valence-electron chi connectivity index (χ3n) is 3.29. The molecule has 6 nitrogen and oxygen atoms in total. The molecule has 21 heavy (non-hydrogen) atoms. The lowest BCUT2D eigenvalue weighted by Gasteiger charge is -2.19. The Labute approximate surface area is 128 Å². The zero-order valence-electron chi connectivity index (χ0n) is 14.0. The van der Waals surface area contributed by atoms with Crippen LogP contribution in [0.1, 0.15) is 33.4 Å². The van der Waals surface area contributed by atoms with E-state index in [1.807, 2.05) is 17.8 Å². The Morgan fingerprint density at radius 3 is 2.81 bits per heavy atom. The first kappa shape index (κ1) is 18.1. The minimum absolute atomic E-state index is 0.656. The number of hydrogen-bond acceptors (Lipinski definition) is 5. The first-order chi connectivity index (χ1) is 10.2. The first-order valence-electron chi connectivity index (χ1n) is 8.05. The summed E-state index contributed by atoms with van der Waals surface area (Å²) in [6.07, 6.45) is 2.03. The van der Waals surface area contributed by atoms with Crippen LogP contribution in [0.15, 0.2) is 6.20 Å². The van der Waals surface area contributed by atoms with Crippen molar-refractivity contribution in [3.05, 3.63) is 11.9 Å². The van der Waals surface area contributed by atoms with Crippen molar-refractivity contribution in [2.45, 2.75) is 40.8 Å². The molecule has 0 aliphatic carbocycles. The van der Waals surface area contributed by atoms with Gasteiger partial charge in [-0.3, -0.25) is 9.58 Å². The van der Waals surface area contributed by atoms with E-state index in [4.69, 9.17) is 4.74 Å². The lowest BCUT2D eigenvalue weighted by Crippen LogP contribution is -2.31. The molecule has 1 rings (SSSR count). The Kier molecular flexibility index (Phi) is 9.21. The second-order valence-corrected chi connectivity index (χ2v) is 5.63. The van der Waals surface area contributed by atoms with Crippen molar-refractivity contribution in [3.63, 3.8) is 0 Å². The number of ether oxygens (including phenoxy) is 1. The summed E-state index contributed by atoms with van der Waals surface area (Å²) in [5, 5.41) is 11.8. The van der Waals surface area contributed by atoms with Crippen molar-refractivity contribution in [1.29, 1.82) is 0 Å². The topological polar surface area (TPSA) is 55.2 Å². The largest absolute Gasteiger partial charge is 0.380 e. The average Bonchev–Trinajstić information content (AvgIpc) is 2.90. The van der Waals surface area contributed by atoms with Gasteiger partial charge in [-0.1, -0.05) is 26.0 Å². The van der Waals surface area contributed by atoms with E-state index >= 15 is 0 Å². The average molecular weight is 297 g/mol. The normalized spacial score (nSPS) is 11.7. The lowest BCUT2D eigenvalue weighted by atomic mass is 10.2. The predicted octanol–water partition coefficient (Wildman–Crippen LogP) is 1.38. The third-order valence-corrected chi connectivity index (χ3v) is 3.29. The highest BCUT2D eigenvalue weighted by Gasteiger charge is 2.05. The minimum Gasteiger partial charge on any atom is -0.380 e. The molecule has 0 aliphatic rings. The third kappa shape index (κ3) is 8.14. The molecule has 1 heterocycles. The van der Waals surface area contributed by atoms with Crippen LogP contribution in [0.5, 0.6) is 0 Å². The Hall–Kier alpha value is -0.980. The van der Waals surface area contributed by atoms with Gasteiger partial charge in [0.25, 0.3) is 0 Å². The van der Waals surface area contributed by atoms with Gasteiger partial charge in [-0.2, -0.15) is 0 Å². The second-order valence-electron chi connectivity index (χ2n) is 5.63. The standard InChI is InChI=1S/C15H31N5O/c1-5-19(9-10-21-6-2)7-8-20-13-15(17-18-20)12-16-11-14(3)4/h13-14,16H,5-12H2,1-4H3. The Bertz CT molecular complexity index is 367. The molecule has 1 aromatic rings. The summed E-state index contributed by atoms with van der Waals surface area (Å²) in [5.41, 5.74) is 1.01. The van der Waals surface area contributed by atoms with E-state index < -0.39 is 0 Å². The summed E-state index contributed by atoms with van der Waals surface area (Å²) in [6, 6.07) is 0. The van der Waals surface area contributed by atoms with Crippen molar-refractivity contribution < 1.29 is 4.74 Å². The zero-order valence-corrected chi connectivity index (χ0v) is 14.0. The Morgan fingerprint density at radius 1 is 1.33 bits per heavy atom. The van der Waals surface area contributed by atoms with E-state index in [2.05, 4.69) is 41.3 Å². The summed E-state index contributed by atoms with van der Waals surface area (Å²) >= 11 is 0. The van der Waals surface area contributed by atoms with E-state index in [0.717, 1.165) is 58.2 Å². The number of nitrogens with zero attached hydrogens (tertiary/aromatic N) is 4. The molecule has 0 saturated carbocycles. The molecule has 0 atom stereocenters. The van der Waals surface area contributed by atoms with Crippen LogP contribution in [-0.2, 0) is 17.8 Å². The van der Waals surface area contributed by atoms with E-state index in [-0.39, 0.29) is 0 Å². The number of likely N-dealkylation sites (N-methyl/N-ethyl adjacent to an activating group) is 1. The van der Waals surface area contributed by atoms with Crippen LogP contribution in [0.25, 0.3) is 0 Å². The maximum Gasteiger partial charge on any atom is 0.0964 e. The van der Waals surface area contributed by atoms with Gasteiger partial charge in [0.1, 0.15) is 0 Å². The minimum atomic E-state index is 0.656. The number of nitrogens with one attached hydrogen (secondary N) is 1. The van der Waals surface area contributed by atoms with Crippen LogP contribution in [0.3, 0.4) is 0 Å². The van der Waals surface area contributed by atoms with Crippen molar-refractivity contribution in [1.82, 2.24) is 25.2 Å². The van der Waals surface area contributed by atoms with Crippen molar-refractivity contribution >= 4 is 0 Å². The van der Waals surface area contributed by atoms with Crippen LogP contribution in [0.4, 0.5) is 0 Å². The summed E-state index contributed by atoms with van der Waals surface area (Å²) < 4.78 is 7.33. The van der Waals surface area contributed by atoms with E-state index in [0.29, 0.717) is 5.92 Å². The molecule has 0 aliphatic heterocycles. The monoisotopic (exact) mass is 297 g/mol. The molecule has 0 bridgehead atoms. The number of rotatable bonds is 12. The smallest absolute Gasteiger partial charge is 0.0964 e. The van der Waals surface area contributed by atoms with E-state index in [1.165, 1.54) is 0 Å². The Balaban J connectivity index is 2.26. The number of hydrogen-bond donors (Lipinski definition) is 1. The molecular formula is C15H31N5O. The molecule has 0 fully saturated rings. The predicted molar refractivity (Wildman–Crippen MR) is 85.2 cm³/mol. The fourth-order valence-corrected chi connectivity index (χ4v) is 2.03. The molecular weight excluding hydrogens is 266 g/mol. The molecule has 122 valence electrons. The maximum absolute atomic E-state index is 5.40. The molecule has 0 saturated heterocycles. The molecule has 0 amide bonds. The van der Waals surface area contributed by atoms with Crippen LogP contribution in [-0.4, -0.2) is 59.3 Å². The van der Waals surface area contributed by atoms with Crippen molar-refractivity contribution in [2.75, 3.05) is 39.4 Å². The maximum atomic E-state index is 5.40. The summed E-state index contributed by atoms with van der Waals surface area (Å²) in [7, 11) is 0. The van der Waals surface area contributed by atoms with Gasteiger partial charge >= 0.3 is 0 Å². The fraction of sp³-hybridized carbons (Fsp3) is 0.867. The second kappa shape index (κ2) is 10.7. The van der Waals surface area contributed by atoms with Gasteiger partial charge < -0.3 is 10.1 Å². The van der Waals surface area contributed by atoms with Crippen LogP contribution < -0.4 is 5.32 Å². The van der Waals surface area contributed by atoms with Gasteiger partial charge in [-0.25, -0.2) is 0 Å². The Morgan fingerprint density at radius 2 is 2.14 bits per heavy atom. The summed E-state index contributed by atoms with van der Waals surface area (Å²) in [6.45, 7) is 15.8. The first-order valence-corrected chi connectivity index (χ1v) is 8.05. The summed E-state index contributed by atoms with van der Waals surface area (Å²) in [5.74, 6) is 0.656. The van der Waals surface area contributed by atoms with Gasteiger partial charge in [0.15, 0.2) is 0 Å². The van der Waals surface area contributed by atoms with Crippen LogP contribution in [0.2, 0.25) is 0 Å². The van der Waals surface area contributed by atoms with E-state index in [1.54, 1.807) is 0 Å². The lowest BCUT2D eigenvalue weighted by molar-refractivity contribution is 0.113. The molecule has 1 N–H and O–H groups in total. The molecule has 0 unspecified atom stereocenters. The van der Waals surface area contributed by atoms with Gasteiger partial charge in [-0.05, 0) is 25.9 Å². The van der Waals surface area contributed by atoms with Crippen LogP contribution >= 0.6 is 0 Å². The van der Waals surface area contributed by atoms with Gasteiger partial charge in [0.05, 0.1) is 18.8 Å². The molecule has 1 aromatic heterocycles. The quantitative estimate of drug-likeness (QED) is 0.591. The SMILES string of the molecule is CCOCCN(CC)CCn1cc(CNCC(C)C)nn1. The fourth-order valence-electron chi connectivity index (χ4n) is 2.03. The molecule has 6 heteroatoms. The molecule has 0 aromatic carbocycles. The van der Waals surface area contributed by atoms with Crippen molar-refractivity contribution in [2.24, 2.45) is 5.92 Å². The molecule has 0 radical (unpaired) electrons. The zero-order chi connectivity index (χ0) is 15.5. The van der Waals surface area contributed by atoms with Gasteiger partial charge in [0, 0.05) is 32.4 Å². The highest BCUT2D eigenvalue weighted by Crippen LogP contribution is 1.96. The number of aromatic nitrogens is 3. The van der Waals surface area contributed by atoms with E-state index in [9.17, 15) is 0 Å². The van der Waals surface area contributed by atoms with Crippen molar-refractivity contribution in [3.8, 4) is 0 Å². The van der Waals surface area contributed by atoms with Crippen LogP contribution in [0, 0.1) is 5.92 Å². The van der Waals surface area contributed by atoms with Gasteiger partial charge in [0.2, 0.25) is 0 Å². The van der Waals surface area contributed by atoms with Gasteiger partial charge in [-0.15, -0.1) is 5.10 Å². The highest BCUT2D eigenvalue weighted by atomic mass is 16.5.